The summed E-state index contributed by atoms with van der Waals surface area (Å²) in [5.41, 5.74) is 2.94. The van der Waals surface area contributed by atoms with E-state index in [1.165, 1.54) is 11.1 Å². The van der Waals surface area contributed by atoms with Crippen LogP contribution in [-0.2, 0) is 0 Å². The van der Waals surface area contributed by atoms with E-state index < -0.39 is 0 Å². The first-order valence-electron chi connectivity index (χ1n) is 6.55. The SMILES string of the molecule is CC1(C)C(Nc2ccnc3ccccc23)C1(C)C. The lowest BCUT2D eigenvalue weighted by Crippen LogP contribution is -2.10. The van der Waals surface area contributed by atoms with Crippen LogP contribution in [0.5, 0.6) is 0 Å². The molecule has 18 heavy (non-hydrogen) atoms. The lowest BCUT2D eigenvalue weighted by molar-refractivity contribution is 0.457. The van der Waals surface area contributed by atoms with Gasteiger partial charge in [0, 0.05) is 23.3 Å². The first-order valence-corrected chi connectivity index (χ1v) is 6.55. The molecule has 0 atom stereocenters. The van der Waals surface area contributed by atoms with Crippen molar-refractivity contribution >= 4 is 16.6 Å². The second-order valence-corrected chi connectivity index (χ2v) is 6.40. The molecule has 1 heterocycles. The number of hydrogen-bond acceptors (Lipinski definition) is 2. The molecular formula is C16H20N2. The fourth-order valence-corrected chi connectivity index (χ4v) is 2.93. The van der Waals surface area contributed by atoms with Gasteiger partial charge in [0.1, 0.15) is 0 Å². The summed E-state index contributed by atoms with van der Waals surface area (Å²) in [6, 6.07) is 10.9. The van der Waals surface area contributed by atoms with Gasteiger partial charge in [-0.2, -0.15) is 0 Å². The third-order valence-electron chi connectivity index (χ3n) is 4.97. The van der Waals surface area contributed by atoms with Crippen LogP contribution >= 0.6 is 0 Å². The number of nitrogens with one attached hydrogen (secondary N) is 1. The number of nitrogens with zero attached hydrogens (tertiary/aromatic N) is 1. The van der Waals surface area contributed by atoms with Gasteiger partial charge in [-0.15, -0.1) is 0 Å². The van der Waals surface area contributed by atoms with Gasteiger partial charge < -0.3 is 5.32 Å². The van der Waals surface area contributed by atoms with Gasteiger partial charge in [0.2, 0.25) is 0 Å². The van der Waals surface area contributed by atoms with E-state index in [9.17, 15) is 0 Å². The molecule has 0 unspecified atom stereocenters. The summed E-state index contributed by atoms with van der Waals surface area (Å²) in [7, 11) is 0. The van der Waals surface area contributed by atoms with Crippen LogP contribution in [0.3, 0.4) is 0 Å². The van der Waals surface area contributed by atoms with Gasteiger partial charge >= 0.3 is 0 Å². The highest BCUT2D eigenvalue weighted by Gasteiger charge is 2.64. The molecule has 0 amide bonds. The lowest BCUT2D eigenvalue weighted by Gasteiger charge is -2.11. The van der Waals surface area contributed by atoms with E-state index in [1.807, 2.05) is 12.3 Å². The van der Waals surface area contributed by atoms with E-state index in [0.29, 0.717) is 16.9 Å². The second kappa shape index (κ2) is 3.47. The van der Waals surface area contributed by atoms with Crippen LogP contribution in [0.25, 0.3) is 10.9 Å². The average Bonchev–Trinajstić information content (AvgIpc) is 2.72. The normalized spacial score (nSPS) is 20.9. The zero-order valence-electron chi connectivity index (χ0n) is 11.5. The van der Waals surface area contributed by atoms with Crippen LogP contribution in [0.4, 0.5) is 5.69 Å². The molecule has 1 fully saturated rings. The summed E-state index contributed by atoms with van der Waals surface area (Å²) in [5.74, 6) is 0. The highest BCUT2D eigenvalue weighted by molar-refractivity contribution is 5.91. The van der Waals surface area contributed by atoms with Crippen molar-refractivity contribution in [2.75, 3.05) is 5.32 Å². The molecule has 3 rings (SSSR count). The summed E-state index contributed by atoms with van der Waals surface area (Å²) in [6.07, 6.45) is 1.88. The van der Waals surface area contributed by atoms with Gasteiger partial charge in [-0.25, -0.2) is 0 Å². The maximum Gasteiger partial charge on any atom is 0.0722 e. The van der Waals surface area contributed by atoms with Crippen molar-refractivity contribution in [2.45, 2.75) is 33.7 Å². The Morgan fingerprint density at radius 1 is 1.00 bits per heavy atom. The van der Waals surface area contributed by atoms with Crippen LogP contribution in [0.15, 0.2) is 36.5 Å². The highest BCUT2D eigenvalue weighted by Crippen LogP contribution is 2.63. The number of para-hydroxylation sites is 1. The van der Waals surface area contributed by atoms with Crippen molar-refractivity contribution in [1.29, 1.82) is 0 Å². The van der Waals surface area contributed by atoms with Crippen molar-refractivity contribution in [3.8, 4) is 0 Å². The first-order chi connectivity index (χ1) is 8.44. The summed E-state index contributed by atoms with van der Waals surface area (Å²) in [6.45, 7) is 9.31. The predicted octanol–water partition coefficient (Wildman–Crippen LogP) is 4.08. The van der Waals surface area contributed by atoms with Gasteiger partial charge in [0.05, 0.1) is 5.52 Å². The van der Waals surface area contributed by atoms with Crippen LogP contribution in [0.1, 0.15) is 27.7 Å². The quantitative estimate of drug-likeness (QED) is 0.855. The zero-order chi connectivity index (χ0) is 13.0. The van der Waals surface area contributed by atoms with E-state index in [-0.39, 0.29) is 0 Å². The van der Waals surface area contributed by atoms with E-state index in [1.54, 1.807) is 0 Å². The van der Waals surface area contributed by atoms with Gasteiger partial charge in [-0.05, 0) is 23.0 Å². The van der Waals surface area contributed by atoms with Crippen LogP contribution in [0.2, 0.25) is 0 Å². The predicted molar refractivity (Wildman–Crippen MR) is 76.7 cm³/mol. The molecule has 1 N–H and O–H groups in total. The molecule has 1 aromatic carbocycles. The molecule has 0 spiro atoms. The lowest BCUT2D eigenvalue weighted by atomic mass is 10.0. The summed E-state index contributed by atoms with van der Waals surface area (Å²) >= 11 is 0. The maximum atomic E-state index is 4.40. The van der Waals surface area contributed by atoms with Crippen molar-refractivity contribution < 1.29 is 0 Å². The molecule has 1 aliphatic rings. The minimum atomic E-state index is 0.345. The fraction of sp³-hybridized carbons (Fsp3) is 0.438. The van der Waals surface area contributed by atoms with Crippen LogP contribution < -0.4 is 5.32 Å². The number of pyridine rings is 1. The molecule has 0 bridgehead atoms. The Hall–Kier alpha value is -1.57. The summed E-state index contributed by atoms with van der Waals surface area (Å²) in [5, 5.41) is 4.91. The minimum Gasteiger partial charge on any atom is -0.381 e. The number of hydrogen-bond donors (Lipinski definition) is 1. The number of aromatic nitrogens is 1. The van der Waals surface area contributed by atoms with E-state index in [0.717, 1.165) is 5.52 Å². The molecule has 2 nitrogen and oxygen atoms in total. The largest absolute Gasteiger partial charge is 0.381 e. The number of fused-ring (bicyclic) bond motifs is 1. The van der Waals surface area contributed by atoms with E-state index in [4.69, 9.17) is 0 Å². The summed E-state index contributed by atoms with van der Waals surface area (Å²) in [4.78, 5) is 4.40. The summed E-state index contributed by atoms with van der Waals surface area (Å²) < 4.78 is 0. The molecule has 0 aliphatic heterocycles. The fourth-order valence-electron chi connectivity index (χ4n) is 2.93. The Morgan fingerprint density at radius 2 is 1.67 bits per heavy atom. The third kappa shape index (κ3) is 1.45. The number of benzene rings is 1. The molecule has 1 saturated carbocycles. The van der Waals surface area contributed by atoms with Gasteiger partial charge in [-0.1, -0.05) is 45.9 Å². The van der Waals surface area contributed by atoms with Gasteiger partial charge in [-0.3, -0.25) is 4.98 Å². The number of anilines is 1. The van der Waals surface area contributed by atoms with Crippen molar-refractivity contribution in [3.05, 3.63) is 36.5 Å². The Kier molecular flexibility index (Phi) is 2.22. The Bertz CT molecular complexity index is 580. The van der Waals surface area contributed by atoms with Crippen LogP contribution in [0, 0.1) is 10.8 Å². The van der Waals surface area contributed by atoms with Crippen LogP contribution in [-0.4, -0.2) is 11.0 Å². The van der Waals surface area contributed by atoms with Crippen molar-refractivity contribution in [1.82, 2.24) is 4.98 Å². The Morgan fingerprint density at radius 3 is 2.33 bits per heavy atom. The Labute approximate surface area is 108 Å². The van der Waals surface area contributed by atoms with Crippen molar-refractivity contribution in [2.24, 2.45) is 10.8 Å². The molecule has 2 aromatic rings. The minimum absolute atomic E-state index is 0.345. The van der Waals surface area contributed by atoms with Crippen molar-refractivity contribution in [3.63, 3.8) is 0 Å². The van der Waals surface area contributed by atoms with Gasteiger partial charge in [0.25, 0.3) is 0 Å². The Balaban J connectivity index is 1.98. The maximum absolute atomic E-state index is 4.40. The third-order valence-corrected chi connectivity index (χ3v) is 4.97. The first kappa shape index (κ1) is 11.5. The highest BCUT2D eigenvalue weighted by atomic mass is 15.0. The smallest absolute Gasteiger partial charge is 0.0722 e. The molecule has 94 valence electrons. The van der Waals surface area contributed by atoms with E-state index >= 15 is 0 Å². The standard InChI is InChI=1S/C16H20N2/c1-15(2)14(16(15,3)4)18-13-9-10-17-12-8-6-5-7-11(12)13/h5-10,14H,1-4H3,(H,17,18). The second-order valence-electron chi connectivity index (χ2n) is 6.40. The molecule has 0 radical (unpaired) electrons. The average molecular weight is 240 g/mol. The number of rotatable bonds is 2. The topological polar surface area (TPSA) is 24.9 Å². The zero-order valence-corrected chi connectivity index (χ0v) is 11.5. The molecule has 2 heteroatoms. The monoisotopic (exact) mass is 240 g/mol. The molecule has 1 aliphatic carbocycles. The van der Waals surface area contributed by atoms with Gasteiger partial charge in [0.15, 0.2) is 0 Å². The van der Waals surface area contributed by atoms with E-state index in [2.05, 4.69) is 62.3 Å². The molecule has 0 saturated heterocycles. The molecular weight excluding hydrogens is 220 g/mol. The molecule has 1 aromatic heterocycles.